The van der Waals surface area contributed by atoms with Gasteiger partial charge < -0.3 is 16.0 Å². The molecule has 160 valence electrons. The maximum atomic E-state index is 14.6. The van der Waals surface area contributed by atoms with E-state index >= 15 is 0 Å². The number of carbonyl (C=O) groups is 1. The standard InChI is InChI=1S/C22H21F2N5OS/c23-16-11-18(29-8-2-1-3-9-29)17(24)10-13(16)6-7-27-21(30)20-19(26)15-5-4-14(12-25)28-22(15)31-20/h4-5,10-11H,1-3,6-9,26H2,(H,27,30). The lowest BCUT2D eigenvalue weighted by atomic mass is 10.1. The van der Waals surface area contributed by atoms with Crippen molar-refractivity contribution in [3.63, 3.8) is 0 Å². The number of amides is 1. The van der Waals surface area contributed by atoms with Crippen LogP contribution in [0.4, 0.5) is 20.2 Å². The summed E-state index contributed by atoms with van der Waals surface area (Å²) in [5.74, 6) is -1.34. The van der Waals surface area contributed by atoms with E-state index in [4.69, 9.17) is 11.0 Å². The fourth-order valence-electron chi connectivity index (χ4n) is 3.77. The topological polar surface area (TPSA) is 95.0 Å². The first-order valence-corrected chi connectivity index (χ1v) is 10.9. The third kappa shape index (κ3) is 4.30. The first-order valence-electron chi connectivity index (χ1n) is 10.1. The van der Waals surface area contributed by atoms with E-state index in [9.17, 15) is 13.6 Å². The summed E-state index contributed by atoms with van der Waals surface area (Å²) in [6.07, 6.45) is 3.21. The van der Waals surface area contributed by atoms with Crippen LogP contribution in [0.25, 0.3) is 10.2 Å². The number of thiophene rings is 1. The fourth-order valence-corrected chi connectivity index (χ4v) is 4.78. The third-order valence-corrected chi connectivity index (χ3v) is 6.52. The monoisotopic (exact) mass is 441 g/mol. The van der Waals surface area contributed by atoms with Crippen molar-refractivity contribution in [3.05, 3.63) is 52.0 Å². The molecule has 0 spiro atoms. The molecule has 4 rings (SSSR count). The Hall–Kier alpha value is -3.25. The average molecular weight is 442 g/mol. The van der Waals surface area contributed by atoms with Gasteiger partial charge in [0.05, 0.1) is 11.4 Å². The number of fused-ring (bicyclic) bond motifs is 1. The Balaban J connectivity index is 1.43. The Morgan fingerprint density at radius 2 is 2.00 bits per heavy atom. The van der Waals surface area contributed by atoms with Crippen LogP contribution in [0.15, 0.2) is 24.3 Å². The lowest BCUT2D eigenvalue weighted by Gasteiger charge is -2.29. The molecular weight excluding hydrogens is 420 g/mol. The van der Waals surface area contributed by atoms with E-state index < -0.39 is 17.5 Å². The van der Waals surface area contributed by atoms with Crippen molar-refractivity contribution >= 4 is 38.8 Å². The van der Waals surface area contributed by atoms with E-state index in [-0.39, 0.29) is 34.8 Å². The summed E-state index contributed by atoms with van der Waals surface area (Å²) in [5, 5.41) is 12.3. The second kappa shape index (κ2) is 8.86. The summed E-state index contributed by atoms with van der Waals surface area (Å²) in [6, 6.07) is 7.61. The molecule has 31 heavy (non-hydrogen) atoms. The number of nitrogens with zero attached hydrogens (tertiary/aromatic N) is 3. The maximum absolute atomic E-state index is 14.6. The molecule has 1 aliphatic heterocycles. The van der Waals surface area contributed by atoms with Crippen LogP contribution in [0.3, 0.4) is 0 Å². The normalized spacial score (nSPS) is 13.9. The van der Waals surface area contributed by atoms with Gasteiger partial charge in [0.25, 0.3) is 5.91 Å². The SMILES string of the molecule is N#Cc1ccc2c(N)c(C(=O)NCCc3cc(F)c(N4CCCCC4)cc3F)sc2n1. The molecule has 3 aromatic rings. The van der Waals surface area contributed by atoms with Gasteiger partial charge >= 0.3 is 0 Å². The molecule has 1 aromatic carbocycles. The molecule has 0 bridgehead atoms. The zero-order chi connectivity index (χ0) is 22.0. The second-order valence-electron chi connectivity index (χ2n) is 7.45. The molecule has 9 heteroatoms. The van der Waals surface area contributed by atoms with Gasteiger partial charge in [0.1, 0.15) is 33.1 Å². The highest BCUT2D eigenvalue weighted by atomic mass is 32.1. The summed E-state index contributed by atoms with van der Waals surface area (Å²) < 4.78 is 29.1. The van der Waals surface area contributed by atoms with Crippen LogP contribution in [0.2, 0.25) is 0 Å². The zero-order valence-electron chi connectivity index (χ0n) is 16.8. The minimum Gasteiger partial charge on any atom is -0.397 e. The highest BCUT2D eigenvalue weighted by Crippen LogP contribution is 2.32. The number of hydrogen-bond acceptors (Lipinski definition) is 6. The maximum Gasteiger partial charge on any atom is 0.263 e. The van der Waals surface area contributed by atoms with Crippen molar-refractivity contribution in [3.8, 4) is 6.07 Å². The Morgan fingerprint density at radius 3 is 2.74 bits per heavy atom. The summed E-state index contributed by atoms with van der Waals surface area (Å²) in [5.41, 5.74) is 7.10. The van der Waals surface area contributed by atoms with Gasteiger partial charge in [-0.25, -0.2) is 13.8 Å². The number of halogens is 2. The molecule has 2 aromatic heterocycles. The summed E-state index contributed by atoms with van der Waals surface area (Å²) in [7, 11) is 0. The van der Waals surface area contributed by atoms with E-state index in [1.54, 1.807) is 6.07 Å². The van der Waals surface area contributed by atoms with Gasteiger partial charge in [-0.2, -0.15) is 5.26 Å². The van der Waals surface area contributed by atoms with Crippen LogP contribution in [0.1, 0.15) is 40.2 Å². The minimum atomic E-state index is -0.481. The Morgan fingerprint density at radius 1 is 1.23 bits per heavy atom. The zero-order valence-corrected chi connectivity index (χ0v) is 17.6. The predicted octanol–water partition coefficient (Wildman–Crippen LogP) is 3.99. The Kier molecular flexibility index (Phi) is 6.00. The van der Waals surface area contributed by atoms with Gasteiger partial charge in [-0.05, 0) is 49.4 Å². The lowest BCUT2D eigenvalue weighted by molar-refractivity contribution is 0.0959. The van der Waals surface area contributed by atoms with Crippen LogP contribution in [0.5, 0.6) is 0 Å². The molecule has 1 saturated heterocycles. The highest BCUT2D eigenvalue weighted by molar-refractivity contribution is 7.21. The number of benzene rings is 1. The van der Waals surface area contributed by atoms with Crippen molar-refractivity contribution in [2.75, 3.05) is 30.3 Å². The number of nitrogen functional groups attached to an aromatic ring is 1. The Labute approximate surface area is 182 Å². The van der Waals surface area contributed by atoms with E-state index in [0.29, 0.717) is 15.9 Å². The molecule has 0 saturated carbocycles. The predicted molar refractivity (Wildman–Crippen MR) is 117 cm³/mol. The first kappa shape index (κ1) is 21.0. The molecular formula is C22H21F2N5OS. The summed E-state index contributed by atoms with van der Waals surface area (Å²) in [4.78, 5) is 19.4. The number of nitrogens with two attached hydrogens (primary N) is 1. The van der Waals surface area contributed by atoms with Crippen molar-refractivity contribution in [1.29, 1.82) is 5.26 Å². The van der Waals surface area contributed by atoms with Crippen LogP contribution < -0.4 is 16.0 Å². The number of anilines is 2. The third-order valence-electron chi connectivity index (χ3n) is 5.41. The largest absolute Gasteiger partial charge is 0.397 e. The van der Waals surface area contributed by atoms with E-state index in [1.165, 1.54) is 18.2 Å². The molecule has 3 N–H and O–H groups in total. The molecule has 0 atom stereocenters. The fraction of sp³-hybridized carbons (Fsp3) is 0.318. The van der Waals surface area contributed by atoms with Gasteiger partial charge in [0.15, 0.2) is 0 Å². The van der Waals surface area contributed by atoms with Gasteiger partial charge in [-0.15, -0.1) is 11.3 Å². The number of nitrogens with one attached hydrogen (secondary N) is 1. The van der Waals surface area contributed by atoms with Gasteiger partial charge in [0, 0.05) is 31.1 Å². The van der Waals surface area contributed by atoms with Crippen LogP contribution in [-0.4, -0.2) is 30.5 Å². The van der Waals surface area contributed by atoms with Crippen LogP contribution in [-0.2, 0) is 6.42 Å². The number of aromatic nitrogens is 1. The van der Waals surface area contributed by atoms with Crippen LogP contribution in [0, 0.1) is 23.0 Å². The molecule has 1 fully saturated rings. The van der Waals surface area contributed by atoms with Crippen molar-refractivity contribution < 1.29 is 13.6 Å². The van der Waals surface area contributed by atoms with Crippen molar-refractivity contribution in [2.45, 2.75) is 25.7 Å². The molecule has 6 nitrogen and oxygen atoms in total. The highest BCUT2D eigenvalue weighted by Gasteiger charge is 2.19. The van der Waals surface area contributed by atoms with E-state index in [1.807, 2.05) is 11.0 Å². The van der Waals surface area contributed by atoms with Gasteiger partial charge in [-0.1, -0.05) is 0 Å². The quantitative estimate of drug-likeness (QED) is 0.624. The number of piperidine rings is 1. The van der Waals surface area contributed by atoms with Crippen molar-refractivity contribution in [2.24, 2.45) is 0 Å². The molecule has 0 radical (unpaired) electrons. The molecule has 1 aliphatic rings. The average Bonchev–Trinajstić information content (AvgIpc) is 3.12. The van der Waals surface area contributed by atoms with Crippen molar-refractivity contribution in [1.82, 2.24) is 10.3 Å². The summed E-state index contributed by atoms with van der Waals surface area (Å²) in [6.45, 7) is 1.59. The molecule has 0 aliphatic carbocycles. The lowest BCUT2D eigenvalue weighted by Crippen LogP contribution is -2.30. The summed E-state index contributed by atoms with van der Waals surface area (Å²) >= 11 is 1.09. The van der Waals surface area contributed by atoms with E-state index in [0.717, 1.165) is 43.7 Å². The first-order chi connectivity index (χ1) is 15.0. The van der Waals surface area contributed by atoms with E-state index in [2.05, 4.69) is 10.3 Å². The van der Waals surface area contributed by atoms with Gasteiger partial charge in [0.2, 0.25) is 0 Å². The number of rotatable bonds is 5. The number of nitriles is 1. The second-order valence-corrected chi connectivity index (χ2v) is 8.45. The smallest absolute Gasteiger partial charge is 0.263 e. The number of carbonyl (C=O) groups excluding carboxylic acids is 1. The molecule has 0 unspecified atom stereocenters. The number of hydrogen-bond donors (Lipinski definition) is 2. The Bertz CT molecular complexity index is 1180. The van der Waals surface area contributed by atoms with Crippen LogP contribution >= 0.6 is 11.3 Å². The minimum absolute atomic E-state index is 0.128. The molecule has 3 heterocycles. The molecule has 1 amide bonds. The number of pyridine rings is 1. The van der Waals surface area contributed by atoms with Gasteiger partial charge in [-0.3, -0.25) is 4.79 Å².